The molecule has 0 bridgehead atoms. The van der Waals surface area contributed by atoms with E-state index >= 15 is 0 Å². The van der Waals surface area contributed by atoms with Crippen molar-refractivity contribution in [2.45, 2.75) is 23.5 Å². The fourth-order valence-electron chi connectivity index (χ4n) is 1.23. The lowest BCUT2D eigenvalue weighted by atomic mass is 10.0. The van der Waals surface area contributed by atoms with E-state index in [1.54, 1.807) is 0 Å². The Morgan fingerprint density at radius 2 is 1.81 bits per heavy atom. The molecular weight excluding hydrogens is 358 g/mol. The second-order valence-corrected chi connectivity index (χ2v) is 6.60. The van der Waals surface area contributed by atoms with Crippen molar-refractivity contribution in [2.75, 3.05) is 0 Å². The molecule has 21 heavy (non-hydrogen) atoms. The van der Waals surface area contributed by atoms with Crippen LogP contribution in [-0.4, -0.2) is 31.2 Å². The van der Waals surface area contributed by atoms with Gasteiger partial charge in [0.15, 0.2) is 0 Å². The summed E-state index contributed by atoms with van der Waals surface area (Å²) in [6.45, 7) is 0.186. The average molecular weight is 366 g/mol. The van der Waals surface area contributed by atoms with Gasteiger partial charge in [-0.15, -0.1) is 0 Å². The molecule has 0 aromatic heterocycles. The number of carbonyl (C=O) groups is 1. The fourth-order valence-corrected chi connectivity index (χ4v) is 3.35. The van der Waals surface area contributed by atoms with Crippen LogP contribution in [0, 0.1) is 0 Å². The monoisotopic (exact) mass is 365 g/mol. The third kappa shape index (κ3) is 3.60. The number of aliphatic carboxylic acids is 1. The normalized spacial score (nSPS) is 15.5. The van der Waals surface area contributed by atoms with Gasteiger partial charge in [0.05, 0.1) is 5.02 Å². The summed E-state index contributed by atoms with van der Waals surface area (Å²) >= 11 is 11.2. The van der Waals surface area contributed by atoms with Gasteiger partial charge >= 0.3 is 12.1 Å². The number of carboxylic acids is 1. The topological polar surface area (TPSA) is 83.5 Å². The van der Waals surface area contributed by atoms with Crippen molar-refractivity contribution in [1.29, 1.82) is 0 Å². The predicted octanol–water partition coefficient (Wildman–Crippen LogP) is 2.68. The van der Waals surface area contributed by atoms with E-state index in [9.17, 15) is 26.4 Å². The highest BCUT2D eigenvalue weighted by Gasteiger charge is 2.59. The molecule has 1 aromatic carbocycles. The molecule has 0 aliphatic heterocycles. The highest BCUT2D eigenvalue weighted by atomic mass is 35.5. The Morgan fingerprint density at radius 3 is 2.24 bits per heavy atom. The third-order valence-electron chi connectivity index (χ3n) is 2.52. The van der Waals surface area contributed by atoms with Gasteiger partial charge in [0, 0.05) is 5.02 Å². The maximum Gasteiger partial charge on any atom is 0.418 e. The Morgan fingerprint density at radius 1 is 1.29 bits per heavy atom. The molecule has 0 aliphatic rings. The molecule has 118 valence electrons. The van der Waals surface area contributed by atoms with Crippen molar-refractivity contribution in [3.63, 3.8) is 0 Å². The predicted molar refractivity (Wildman–Crippen MR) is 68.9 cm³/mol. The summed E-state index contributed by atoms with van der Waals surface area (Å²) in [5.74, 6) is -2.41. The Kier molecular flexibility index (Phi) is 4.84. The molecular formula is C10H8Cl2F3NO4S. The Labute approximate surface area is 127 Å². The number of alkyl halides is 3. The van der Waals surface area contributed by atoms with Crippen molar-refractivity contribution in [1.82, 2.24) is 4.72 Å². The maximum atomic E-state index is 12.8. The lowest BCUT2D eigenvalue weighted by Crippen LogP contribution is -2.61. The van der Waals surface area contributed by atoms with Gasteiger partial charge in [-0.25, -0.2) is 13.2 Å². The maximum absolute atomic E-state index is 12.8. The van der Waals surface area contributed by atoms with E-state index in [0.29, 0.717) is 0 Å². The van der Waals surface area contributed by atoms with Gasteiger partial charge in [0.1, 0.15) is 4.90 Å². The smallest absolute Gasteiger partial charge is 0.418 e. The van der Waals surface area contributed by atoms with Gasteiger partial charge in [-0.3, -0.25) is 0 Å². The zero-order valence-corrected chi connectivity index (χ0v) is 12.5. The SMILES string of the molecule is CC(NS(=O)(=O)c1cc(Cl)ccc1Cl)(C(=O)O)C(F)(F)F. The van der Waals surface area contributed by atoms with Crippen LogP contribution in [0.25, 0.3) is 0 Å². The number of nitrogens with one attached hydrogen (secondary N) is 1. The van der Waals surface area contributed by atoms with E-state index in [-0.39, 0.29) is 11.9 Å². The lowest BCUT2D eigenvalue weighted by Gasteiger charge is -2.28. The second-order valence-electron chi connectivity index (χ2n) is 4.11. The number of hydrogen-bond acceptors (Lipinski definition) is 3. The summed E-state index contributed by atoms with van der Waals surface area (Å²) in [7, 11) is -4.87. The molecule has 5 nitrogen and oxygen atoms in total. The van der Waals surface area contributed by atoms with Crippen molar-refractivity contribution in [3.05, 3.63) is 28.2 Å². The summed E-state index contributed by atoms with van der Waals surface area (Å²) in [5, 5.41) is 8.20. The highest BCUT2D eigenvalue weighted by molar-refractivity contribution is 7.89. The summed E-state index contributed by atoms with van der Waals surface area (Å²) in [4.78, 5) is 10.1. The van der Waals surface area contributed by atoms with Crippen LogP contribution >= 0.6 is 23.2 Å². The molecule has 0 saturated carbocycles. The van der Waals surface area contributed by atoms with E-state index < -0.39 is 37.6 Å². The van der Waals surface area contributed by atoms with Crippen LogP contribution in [0.3, 0.4) is 0 Å². The molecule has 1 unspecified atom stereocenters. The standard InChI is InChI=1S/C10H8Cl2F3NO4S/c1-9(8(17)18,10(13,14)15)16-21(19,20)7-4-5(11)2-3-6(7)12/h2-4,16H,1H3,(H,17,18). The van der Waals surface area contributed by atoms with E-state index in [1.807, 2.05) is 0 Å². The van der Waals surface area contributed by atoms with Gasteiger partial charge < -0.3 is 5.11 Å². The van der Waals surface area contributed by atoms with Crippen LogP contribution in [0.5, 0.6) is 0 Å². The number of halogens is 5. The third-order valence-corrected chi connectivity index (χ3v) is 4.79. The van der Waals surface area contributed by atoms with Crippen LogP contribution in [0.2, 0.25) is 10.0 Å². The van der Waals surface area contributed by atoms with Crippen LogP contribution in [0.1, 0.15) is 6.92 Å². The van der Waals surface area contributed by atoms with Crippen molar-refractivity contribution < 1.29 is 31.5 Å². The largest absolute Gasteiger partial charge is 0.480 e. The molecule has 0 heterocycles. The molecule has 0 radical (unpaired) electrons. The molecule has 1 atom stereocenters. The van der Waals surface area contributed by atoms with Crippen molar-refractivity contribution >= 4 is 39.2 Å². The number of hydrogen-bond donors (Lipinski definition) is 2. The molecule has 0 fully saturated rings. The van der Waals surface area contributed by atoms with Gasteiger partial charge in [0.25, 0.3) is 0 Å². The summed E-state index contributed by atoms with van der Waals surface area (Å²) in [6.07, 6.45) is -5.36. The van der Waals surface area contributed by atoms with Gasteiger partial charge in [-0.2, -0.15) is 17.9 Å². The number of benzene rings is 1. The lowest BCUT2D eigenvalue weighted by molar-refractivity contribution is -0.201. The fraction of sp³-hybridized carbons (Fsp3) is 0.300. The Hall–Kier alpha value is -1.03. The number of carboxylic acid groups (broad SMARTS) is 1. The molecule has 0 aliphatic carbocycles. The Balaban J connectivity index is 3.39. The van der Waals surface area contributed by atoms with Crippen LogP contribution in [0.4, 0.5) is 13.2 Å². The minimum Gasteiger partial charge on any atom is -0.480 e. The zero-order chi connectivity index (χ0) is 16.6. The van der Waals surface area contributed by atoms with Crippen molar-refractivity contribution in [2.24, 2.45) is 0 Å². The quantitative estimate of drug-likeness (QED) is 0.858. The minimum atomic E-state index is -5.36. The first-order chi connectivity index (χ1) is 9.31. The van der Waals surface area contributed by atoms with Gasteiger partial charge in [0.2, 0.25) is 15.6 Å². The van der Waals surface area contributed by atoms with Crippen LogP contribution in [-0.2, 0) is 14.8 Å². The first kappa shape index (κ1) is 18.0. The molecule has 0 amide bonds. The molecule has 0 saturated heterocycles. The average Bonchev–Trinajstić information content (AvgIpc) is 2.29. The Bertz CT molecular complexity index is 677. The first-order valence-corrected chi connectivity index (χ1v) is 7.34. The number of rotatable bonds is 4. The summed E-state index contributed by atoms with van der Waals surface area (Å²) in [5.41, 5.74) is -3.71. The van der Waals surface area contributed by atoms with E-state index in [4.69, 9.17) is 28.3 Å². The second kappa shape index (κ2) is 5.64. The van der Waals surface area contributed by atoms with E-state index in [0.717, 1.165) is 16.9 Å². The first-order valence-electron chi connectivity index (χ1n) is 5.10. The highest BCUT2D eigenvalue weighted by Crippen LogP contribution is 2.33. The van der Waals surface area contributed by atoms with Crippen molar-refractivity contribution in [3.8, 4) is 0 Å². The molecule has 11 heteroatoms. The summed E-state index contributed by atoms with van der Waals surface area (Å²) < 4.78 is 63.4. The molecule has 1 aromatic rings. The molecule has 1 rings (SSSR count). The zero-order valence-electron chi connectivity index (χ0n) is 10.2. The van der Waals surface area contributed by atoms with Crippen LogP contribution < -0.4 is 4.72 Å². The molecule has 2 N–H and O–H groups in total. The van der Waals surface area contributed by atoms with E-state index in [2.05, 4.69) is 0 Å². The minimum absolute atomic E-state index is 0.0937. The summed E-state index contributed by atoms with van der Waals surface area (Å²) in [6, 6.07) is 3.10. The van der Waals surface area contributed by atoms with Gasteiger partial charge in [-0.1, -0.05) is 23.2 Å². The van der Waals surface area contributed by atoms with Gasteiger partial charge in [-0.05, 0) is 25.1 Å². The number of sulfonamides is 1. The van der Waals surface area contributed by atoms with Crippen LogP contribution in [0.15, 0.2) is 23.1 Å². The molecule has 0 spiro atoms. The van der Waals surface area contributed by atoms with E-state index in [1.165, 1.54) is 6.07 Å².